The van der Waals surface area contributed by atoms with E-state index in [1.165, 1.54) is 0 Å². The third kappa shape index (κ3) is 1.83. The van der Waals surface area contributed by atoms with E-state index >= 15 is 0 Å². The SMILES string of the molecule is Cc1nn(-c2ccccc2)c2nc(Cl)c(C#N)nc12. The fourth-order valence-electron chi connectivity index (χ4n) is 1.86. The number of para-hydroxylation sites is 1. The van der Waals surface area contributed by atoms with Crippen molar-refractivity contribution in [1.82, 2.24) is 19.7 Å². The van der Waals surface area contributed by atoms with Crippen LogP contribution in [0.3, 0.4) is 0 Å². The summed E-state index contributed by atoms with van der Waals surface area (Å²) < 4.78 is 1.67. The molecular weight excluding hydrogens is 262 g/mol. The Labute approximate surface area is 114 Å². The van der Waals surface area contributed by atoms with Gasteiger partial charge in [0, 0.05) is 0 Å². The van der Waals surface area contributed by atoms with Crippen LogP contribution in [0.1, 0.15) is 11.4 Å². The largest absolute Gasteiger partial charge is 0.229 e. The summed E-state index contributed by atoms with van der Waals surface area (Å²) in [4.78, 5) is 8.42. The van der Waals surface area contributed by atoms with Crippen molar-refractivity contribution in [2.24, 2.45) is 0 Å². The predicted molar refractivity (Wildman–Crippen MR) is 71.1 cm³/mol. The summed E-state index contributed by atoms with van der Waals surface area (Å²) in [6, 6.07) is 11.5. The number of nitrogens with zero attached hydrogens (tertiary/aromatic N) is 5. The van der Waals surface area contributed by atoms with E-state index in [2.05, 4.69) is 15.1 Å². The molecule has 0 amide bonds. The zero-order valence-corrected chi connectivity index (χ0v) is 10.8. The lowest BCUT2D eigenvalue weighted by Gasteiger charge is -2.02. The molecule has 0 unspecified atom stereocenters. The Hall–Kier alpha value is -2.45. The summed E-state index contributed by atoms with van der Waals surface area (Å²) in [6.07, 6.45) is 0. The number of fused-ring (bicyclic) bond motifs is 1. The first-order chi connectivity index (χ1) is 9.20. The summed E-state index contributed by atoms with van der Waals surface area (Å²) in [6.45, 7) is 1.82. The molecule has 0 saturated heterocycles. The van der Waals surface area contributed by atoms with E-state index in [1.807, 2.05) is 43.3 Å². The van der Waals surface area contributed by atoms with E-state index in [4.69, 9.17) is 16.9 Å². The summed E-state index contributed by atoms with van der Waals surface area (Å²) in [7, 11) is 0. The predicted octanol–water partition coefficient (Wildman–Crippen LogP) is 2.65. The lowest BCUT2D eigenvalue weighted by molar-refractivity contribution is 0.877. The molecule has 19 heavy (non-hydrogen) atoms. The van der Waals surface area contributed by atoms with Crippen LogP contribution in [-0.4, -0.2) is 19.7 Å². The standard InChI is InChI=1S/C13H8ClN5/c1-8-11-13(17-12(14)10(7-15)16-11)19(18-8)9-5-3-2-4-6-9/h2-6H,1H3. The van der Waals surface area contributed by atoms with Crippen molar-refractivity contribution in [3.8, 4) is 11.8 Å². The minimum Gasteiger partial charge on any atom is -0.229 e. The Bertz CT molecular complexity index is 801. The van der Waals surface area contributed by atoms with Crippen molar-refractivity contribution in [3.05, 3.63) is 46.9 Å². The molecule has 0 fully saturated rings. The van der Waals surface area contributed by atoms with E-state index in [0.717, 1.165) is 5.69 Å². The molecule has 0 aliphatic heterocycles. The number of nitriles is 1. The molecule has 0 N–H and O–H groups in total. The lowest BCUT2D eigenvalue weighted by atomic mass is 10.3. The quantitative estimate of drug-likeness (QED) is 0.681. The van der Waals surface area contributed by atoms with Gasteiger partial charge in [-0.05, 0) is 19.1 Å². The highest BCUT2D eigenvalue weighted by Crippen LogP contribution is 2.21. The Balaban J connectivity index is 2.35. The topological polar surface area (TPSA) is 67.4 Å². The molecule has 0 spiro atoms. The number of hydrogen-bond donors (Lipinski definition) is 0. The van der Waals surface area contributed by atoms with Gasteiger partial charge in [0.1, 0.15) is 11.6 Å². The Morgan fingerprint density at radius 1 is 1.21 bits per heavy atom. The van der Waals surface area contributed by atoms with E-state index < -0.39 is 0 Å². The minimum absolute atomic E-state index is 0.0899. The van der Waals surface area contributed by atoms with Crippen LogP contribution in [0, 0.1) is 18.3 Å². The number of benzene rings is 1. The van der Waals surface area contributed by atoms with E-state index in [9.17, 15) is 0 Å². The van der Waals surface area contributed by atoms with Crippen molar-refractivity contribution in [2.75, 3.05) is 0 Å². The number of rotatable bonds is 1. The van der Waals surface area contributed by atoms with Gasteiger partial charge in [0.15, 0.2) is 16.5 Å². The van der Waals surface area contributed by atoms with Crippen LogP contribution >= 0.6 is 11.6 Å². The molecule has 0 aliphatic rings. The second-order valence-corrected chi connectivity index (χ2v) is 4.34. The first-order valence-corrected chi connectivity index (χ1v) is 5.97. The van der Waals surface area contributed by atoms with Crippen molar-refractivity contribution in [1.29, 1.82) is 5.26 Å². The normalized spacial score (nSPS) is 10.6. The van der Waals surface area contributed by atoms with Crippen molar-refractivity contribution in [2.45, 2.75) is 6.92 Å². The van der Waals surface area contributed by atoms with Crippen LogP contribution in [0.4, 0.5) is 0 Å². The molecule has 0 atom stereocenters. The van der Waals surface area contributed by atoms with Gasteiger partial charge in [-0.2, -0.15) is 10.4 Å². The number of hydrogen-bond acceptors (Lipinski definition) is 4. The number of aromatic nitrogens is 4. The molecule has 2 heterocycles. The number of halogens is 1. The van der Waals surface area contributed by atoms with Gasteiger partial charge in [0.2, 0.25) is 0 Å². The molecule has 92 valence electrons. The van der Waals surface area contributed by atoms with Gasteiger partial charge < -0.3 is 0 Å². The summed E-state index contributed by atoms with van der Waals surface area (Å²) in [5, 5.41) is 13.4. The molecule has 3 aromatic rings. The molecule has 5 nitrogen and oxygen atoms in total. The van der Waals surface area contributed by atoms with Gasteiger partial charge in [-0.3, -0.25) is 0 Å². The maximum atomic E-state index is 8.93. The zero-order valence-electron chi connectivity index (χ0n) is 10.0. The van der Waals surface area contributed by atoms with Crippen LogP contribution in [0.25, 0.3) is 16.9 Å². The average molecular weight is 270 g/mol. The fourth-order valence-corrected chi connectivity index (χ4v) is 2.03. The highest BCUT2D eigenvalue weighted by atomic mass is 35.5. The van der Waals surface area contributed by atoms with Crippen LogP contribution in [0.2, 0.25) is 5.15 Å². The van der Waals surface area contributed by atoms with Crippen LogP contribution in [-0.2, 0) is 0 Å². The summed E-state index contributed by atoms with van der Waals surface area (Å²) in [5.41, 5.74) is 2.83. The smallest absolute Gasteiger partial charge is 0.183 e. The van der Waals surface area contributed by atoms with Crippen LogP contribution < -0.4 is 0 Å². The molecule has 6 heteroatoms. The van der Waals surface area contributed by atoms with Gasteiger partial charge in [-0.25, -0.2) is 14.6 Å². The first-order valence-electron chi connectivity index (χ1n) is 5.59. The molecule has 1 aromatic carbocycles. The number of aryl methyl sites for hydroxylation is 1. The molecule has 0 radical (unpaired) electrons. The van der Waals surface area contributed by atoms with Crippen molar-refractivity contribution in [3.63, 3.8) is 0 Å². The van der Waals surface area contributed by atoms with Gasteiger partial charge in [0.05, 0.1) is 11.4 Å². The van der Waals surface area contributed by atoms with Gasteiger partial charge in [-0.15, -0.1) is 0 Å². The molecule has 0 bridgehead atoms. The van der Waals surface area contributed by atoms with E-state index in [-0.39, 0.29) is 10.8 Å². The molecule has 3 rings (SSSR count). The molecule has 0 aliphatic carbocycles. The third-order valence-electron chi connectivity index (χ3n) is 2.73. The molecular formula is C13H8ClN5. The zero-order chi connectivity index (χ0) is 13.4. The van der Waals surface area contributed by atoms with E-state index in [0.29, 0.717) is 16.9 Å². The fraction of sp³-hybridized carbons (Fsp3) is 0.0769. The minimum atomic E-state index is 0.0899. The Morgan fingerprint density at radius 2 is 1.95 bits per heavy atom. The molecule has 2 aromatic heterocycles. The van der Waals surface area contributed by atoms with Crippen LogP contribution in [0.5, 0.6) is 0 Å². The summed E-state index contributed by atoms with van der Waals surface area (Å²) in [5.74, 6) is 0. The van der Waals surface area contributed by atoms with Crippen molar-refractivity contribution < 1.29 is 0 Å². The Morgan fingerprint density at radius 3 is 2.63 bits per heavy atom. The van der Waals surface area contributed by atoms with Crippen molar-refractivity contribution >= 4 is 22.8 Å². The maximum Gasteiger partial charge on any atom is 0.183 e. The second kappa shape index (κ2) is 4.34. The highest BCUT2D eigenvalue weighted by molar-refractivity contribution is 6.30. The molecule has 0 saturated carbocycles. The average Bonchev–Trinajstić information content (AvgIpc) is 2.75. The third-order valence-corrected chi connectivity index (χ3v) is 3.00. The first kappa shape index (κ1) is 11.6. The highest BCUT2D eigenvalue weighted by Gasteiger charge is 2.15. The van der Waals surface area contributed by atoms with Gasteiger partial charge in [-0.1, -0.05) is 29.8 Å². The maximum absolute atomic E-state index is 8.93. The Kier molecular flexibility index (Phi) is 2.65. The van der Waals surface area contributed by atoms with Gasteiger partial charge in [0.25, 0.3) is 0 Å². The van der Waals surface area contributed by atoms with Crippen LogP contribution in [0.15, 0.2) is 30.3 Å². The van der Waals surface area contributed by atoms with E-state index in [1.54, 1.807) is 4.68 Å². The lowest BCUT2D eigenvalue weighted by Crippen LogP contribution is -1.98. The monoisotopic (exact) mass is 269 g/mol. The second-order valence-electron chi connectivity index (χ2n) is 3.98. The summed E-state index contributed by atoms with van der Waals surface area (Å²) >= 11 is 5.93. The van der Waals surface area contributed by atoms with Gasteiger partial charge >= 0.3 is 0 Å².